The Labute approximate surface area is 158 Å². The fraction of sp³-hybridized carbons (Fsp3) is 0.0952. The van der Waals surface area contributed by atoms with Crippen molar-refractivity contribution in [1.82, 2.24) is 24.4 Å². The average molecular weight is 373 g/mol. The predicted octanol–water partition coefficient (Wildman–Crippen LogP) is 3.69. The van der Waals surface area contributed by atoms with Gasteiger partial charge in [-0.3, -0.25) is 14.5 Å². The highest BCUT2D eigenvalue weighted by molar-refractivity contribution is 5.86. The van der Waals surface area contributed by atoms with Crippen molar-refractivity contribution >= 4 is 16.6 Å². The van der Waals surface area contributed by atoms with Gasteiger partial charge in [-0.1, -0.05) is 6.07 Å². The summed E-state index contributed by atoms with van der Waals surface area (Å²) in [6.07, 6.45) is 1.77. The van der Waals surface area contributed by atoms with E-state index in [2.05, 4.69) is 10.2 Å². The molecule has 0 fully saturated rings. The maximum atomic E-state index is 13.3. The first-order chi connectivity index (χ1) is 13.5. The first-order valence-corrected chi connectivity index (χ1v) is 8.82. The molecule has 7 heteroatoms. The maximum Gasteiger partial charge on any atom is 0.261 e. The summed E-state index contributed by atoms with van der Waals surface area (Å²) in [5.74, 6) is -0.300. The Morgan fingerprint density at radius 1 is 1.04 bits per heavy atom. The van der Waals surface area contributed by atoms with Crippen LogP contribution in [-0.2, 0) is 7.05 Å². The van der Waals surface area contributed by atoms with E-state index in [1.165, 1.54) is 12.1 Å². The lowest BCUT2D eigenvalue weighted by molar-refractivity contribution is 0.628. The summed E-state index contributed by atoms with van der Waals surface area (Å²) < 4.78 is 16.6. The number of benzene rings is 2. The number of nitrogens with one attached hydrogen (secondary N) is 1. The van der Waals surface area contributed by atoms with Gasteiger partial charge < -0.3 is 0 Å². The molecule has 1 N–H and O–H groups in total. The molecule has 0 spiro atoms. The van der Waals surface area contributed by atoms with Gasteiger partial charge in [0.15, 0.2) is 0 Å². The molecule has 5 aromatic rings. The third kappa shape index (κ3) is 2.36. The average Bonchev–Trinajstić information content (AvgIpc) is 3.33. The Balaban J connectivity index is 1.82. The fourth-order valence-corrected chi connectivity index (χ4v) is 3.53. The van der Waals surface area contributed by atoms with Crippen LogP contribution in [-0.4, -0.2) is 24.4 Å². The van der Waals surface area contributed by atoms with Crippen LogP contribution in [0.1, 0.15) is 5.69 Å². The molecule has 0 aliphatic carbocycles. The molecule has 6 nitrogen and oxygen atoms in total. The van der Waals surface area contributed by atoms with Crippen LogP contribution in [0.2, 0.25) is 0 Å². The van der Waals surface area contributed by atoms with Gasteiger partial charge in [-0.15, -0.1) is 0 Å². The van der Waals surface area contributed by atoms with Crippen LogP contribution in [0.25, 0.3) is 38.9 Å². The van der Waals surface area contributed by atoms with Crippen molar-refractivity contribution in [2.75, 3.05) is 0 Å². The van der Waals surface area contributed by atoms with Crippen LogP contribution >= 0.6 is 0 Å². The first kappa shape index (κ1) is 16.4. The summed E-state index contributed by atoms with van der Waals surface area (Å²) >= 11 is 0. The Kier molecular flexibility index (Phi) is 3.45. The molecule has 0 unspecified atom stereocenters. The summed E-state index contributed by atoms with van der Waals surface area (Å²) in [5, 5.41) is 12.3. The number of fused-ring (bicyclic) bond motifs is 3. The molecule has 28 heavy (non-hydrogen) atoms. The van der Waals surface area contributed by atoms with Crippen LogP contribution in [0, 0.1) is 12.7 Å². The second-order valence-electron chi connectivity index (χ2n) is 6.81. The Morgan fingerprint density at radius 3 is 2.50 bits per heavy atom. The smallest absolute Gasteiger partial charge is 0.261 e. The fourth-order valence-electron chi connectivity index (χ4n) is 3.53. The number of nitrogens with zero attached hydrogens (tertiary/aromatic N) is 4. The van der Waals surface area contributed by atoms with Gasteiger partial charge in [0.2, 0.25) is 0 Å². The molecule has 0 aliphatic heterocycles. The number of halogens is 1. The van der Waals surface area contributed by atoms with Gasteiger partial charge >= 0.3 is 0 Å². The van der Waals surface area contributed by atoms with Crippen molar-refractivity contribution in [2.45, 2.75) is 6.92 Å². The van der Waals surface area contributed by atoms with Gasteiger partial charge in [-0.2, -0.15) is 10.2 Å². The largest absolute Gasteiger partial charge is 0.296 e. The van der Waals surface area contributed by atoms with Gasteiger partial charge in [-0.05, 0) is 48.9 Å². The normalized spacial score (nSPS) is 11.5. The number of hydrogen-bond acceptors (Lipinski definition) is 3. The standard InChI is InChI=1S/C21H16FN5O/c1-12-17(11-23-24-12)14-5-8-16-19(9-14)27-20(26(2)21(16)28)10-18(25-27)13-3-6-15(22)7-4-13/h3-11H,1-2H3,(H,23,24). The summed E-state index contributed by atoms with van der Waals surface area (Å²) in [6.45, 7) is 1.95. The van der Waals surface area contributed by atoms with Crippen molar-refractivity contribution in [3.05, 3.63) is 76.6 Å². The lowest BCUT2D eigenvalue weighted by atomic mass is 10.1. The highest BCUT2D eigenvalue weighted by Gasteiger charge is 2.14. The van der Waals surface area contributed by atoms with E-state index in [4.69, 9.17) is 5.10 Å². The van der Waals surface area contributed by atoms with E-state index in [1.54, 1.807) is 34.5 Å². The number of aromatic nitrogens is 5. The van der Waals surface area contributed by atoms with Crippen LogP contribution in [0.15, 0.2) is 59.5 Å². The van der Waals surface area contributed by atoms with E-state index in [-0.39, 0.29) is 11.4 Å². The van der Waals surface area contributed by atoms with Gasteiger partial charge in [0.05, 0.1) is 22.8 Å². The van der Waals surface area contributed by atoms with Gasteiger partial charge in [0.1, 0.15) is 11.5 Å². The van der Waals surface area contributed by atoms with Crippen molar-refractivity contribution < 1.29 is 4.39 Å². The van der Waals surface area contributed by atoms with E-state index in [9.17, 15) is 9.18 Å². The molecule has 3 heterocycles. The quantitative estimate of drug-likeness (QED) is 0.513. The summed E-state index contributed by atoms with van der Waals surface area (Å²) in [6, 6.07) is 13.7. The molecule has 3 aromatic heterocycles. The molecule has 2 aromatic carbocycles. The van der Waals surface area contributed by atoms with E-state index in [1.807, 2.05) is 31.2 Å². The lowest BCUT2D eigenvalue weighted by Gasteiger charge is -2.08. The summed E-state index contributed by atoms with van der Waals surface area (Å²) in [5.41, 5.74) is 5.62. The number of rotatable bonds is 2. The van der Waals surface area contributed by atoms with Gasteiger partial charge in [0, 0.05) is 29.9 Å². The Hall–Kier alpha value is -3.74. The number of aryl methyl sites for hydroxylation is 2. The third-order valence-electron chi connectivity index (χ3n) is 5.08. The molecule has 0 bridgehead atoms. The maximum absolute atomic E-state index is 13.3. The molecule has 0 saturated heterocycles. The highest BCUT2D eigenvalue weighted by atomic mass is 19.1. The number of H-pyrrole nitrogens is 1. The number of hydrogen-bond donors (Lipinski definition) is 1. The Bertz CT molecular complexity index is 1410. The molecule has 138 valence electrons. The van der Waals surface area contributed by atoms with Crippen molar-refractivity contribution in [3.8, 4) is 22.4 Å². The minimum Gasteiger partial charge on any atom is -0.296 e. The summed E-state index contributed by atoms with van der Waals surface area (Å²) in [7, 11) is 1.72. The van der Waals surface area contributed by atoms with E-state index < -0.39 is 0 Å². The zero-order valence-electron chi connectivity index (χ0n) is 15.3. The van der Waals surface area contributed by atoms with Gasteiger partial charge in [-0.25, -0.2) is 8.91 Å². The number of aromatic amines is 1. The molecule has 0 atom stereocenters. The topological polar surface area (TPSA) is 68.0 Å². The molecule has 0 radical (unpaired) electrons. The molecule has 0 amide bonds. The van der Waals surface area contributed by atoms with Crippen molar-refractivity contribution in [2.24, 2.45) is 7.05 Å². The minimum absolute atomic E-state index is 0.0940. The Morgan fingerprint density at radius 2 is 1.79 bits per heavy atom. The molecule has 0 saturated carbocycles. The monoisotopic (exact) mass is 373 g/mol. The zero-order valence-corrected chi connectivity index (χ0v) is 15.3. The zero-order chi connectivity index (χ0) is 19.4. The van der Waals surface area contributed by atoms with E-state index in [0.717, 1.165) is 22.4 Å². The van der Waals surface area contributed by atoms with E-state index in [0.29, 0.717) is 22.2 Å². The van der Waals surface area contributed by atoms with Gasteiger partial charge in [0.25, 0.3) is 5.56 Å². The summed E-state index contributed by atoms with van der Waals surface area (Å²) in [4.78, 5) is 12.9. The SMILES string of the molecule is Cc1[nH]ncc1-c1ccc2c(=O)n(C)c3cc(-c4ccc(F)cc4)nn3c2c1. The second kappa shape index (κ2) is 5.88. The van der Waals surface area contributed by atoms with Crippen molar-refractivity contribution in [1.29, 1.82) is 0 Å². The highest BCUT2D eigenvalue weighted by Crippen LogP contribution is 2.27. The minimum atomic E-state index is -0.300. The van der Waals surface area contributed by atoms with Crippen LogP contribution in [0.4, 0.5) is 4.39 Å². The molecule has 5 rings (SSSR count). The van der Waals surface area contributed by atoms with Crippen molar-refractivity contribution in [3.63, 3.8) is 0 Å². The lowest BCUT2D eigenvalue weighted by Crippen LogP contribution is -2.19. The third-order valence-corrected chi connectivity index (χ3v) is 5.08. The first-order valence-electron chi connectivity index (χ1n) is 8.82. The van der Waals surface area contributed by atoms with Crippen LogP contribution < -0.4 is 5.56 Å². The molecule has 0 aliphatic rings. The van der Waals surface area contributed by atoms with Crippen LogP contribution in [0.3, 0.4) is 0 Å². The molecular formula is C21H16FN5O. The molecular weight excluding hydrogens is 357 g/mol. The van der Waals surface area contributed by atoms with E-state index >= 15 is 0 Å². The second-order valence-corrected chi connectivity index (χ2v) is 6.81. The predicted molar refractivity (Wildman–Crippen MR) is 106 cm³/mol. The van der Waals surface area contributed by atoms with Crippen LogP contribution in [0.5, 0.6) is 0 Å².